The van der Waals surface area contributed by atoms with Gasteiger partial charge in [-0.25, -0.2) is 0 Å². The van der Waals surface area contributed by atoms with Crippen molar-refractivity contribution < 1.29 is 9.59 Å². The zero-order valence-corrected chi connectivity index (χ0v) is 15.0. The van der Waals surface area contributed by atoms with E-state index in [9.17, 15) is 9.59 Å². The molecule has 0 bridgehead atoms. The summed E-state index contributed by atoms with van der Waals surface area (Å²) in [5.74, 6) is 0.638. The summed E-state index contributed by atoms with van der Waals surface area (Å²) in [7, 11) is 0. The zero-order chi connectivity index (χ0) is 17.5. The first kappa shape index (κ1) is 18.5. The average Bonchev–Trinajstić information content (AvgIpc) is 2.56. The Morgan fingerprint density at radius 2 is 2.04 bits per heavy atom. The standard InChI is InChI=1S/C19H29N3O2/c1-4-22(5-2)19(24)16-9-6-10-17(12-16)20-18(23)14-21-11-7-8-15(3)13-21/h6,9-10,12,15H,4-5,7-8,11,13-14H2,1-3H3,(H,20,23)/t15-/m0/s1. The second-order valence-electron chi connectivity index (χ2n) is 6.59. The summed E-state index contributed by atoms with van der Waals surface area (Å²) in [5, 5.41) is 2.92. The van der Waals surface area contributed by atoms with Gasteiger partial charge in [0.2, 0.25) is 5.91 Å². The summed E-state index contributed by atoms with van der Waals surface area (Å²) in [6.45, 7) is 9.90. The van der Waals surface area contributed by atoms with Crippen LogP contribution >= 0.6 is 0 Å². The Hall–Kier alpha value is -1.88. The number of nitrogens with zero attached hydrogens (tertiary/aromatic N) is 2. The molecule has 1 atom stereocenters. The first-order valence-electron chi connectivity index (χ1n) is 8.95. The van der Waals surface area contributed by atoms with Crippen LogP contribution in [0.4, 0.5) is 5.69 Å². The second kappa shape index (κ2) is 8.83. The molecule has 24 heavy (non-hydrogen) atoms. The van der Waals surface area contributed by atoms with Gasteiger partial charge in [0, 0.05) is 30.9 Å². The highest BCUT2D eigenvalue weighted by Gasteiger charge is 2.19. The molecule has 0 spiro atoms. The molecule has 0 unspecified atom stereocenters. The van der Waals surface area contributed by atoms with Crippen molar-refractivity contribution in [3.05, 3.63) is 29.8 Å². The van der Waals surface area contributed by atoms with E-state index in [1.807, 2.05) is 26.0 Å². The number of carbonyl (C=O) groups excluding carboxylic acids is 2. The summed E-state index contributed by atoms with van der Waals surface area (Å²) in [6, 6.07) is 7.20. The lowest BCUT2D eigenvalue weighted by molar-refractivity contribution is -0.117. The van der Waals surface area contributed by atoms with Crippen molar-refractivity contribution in [2.75, 3.05) is 38.0 Å². The third-order valence-corrected chi connectivity index (χ3v) is 4.55. The summed E-state index contributed by atoms with van der Waals surface area (Å²) < 4.78 is 0. The van der Waals surface area contributed by atoms with Gasteiger partial charge in [-0.05, 0) is 57.4 Å². The van der Waals surface area contributed by atoms with E-state index < -0.39 is 0 Å². The van der Waals surface area contributed by atoms with Gasteiger partial charge < -0.3 is 10.2 Å². The fourth-order valence-corrected chi connectivity index (χ4v) is 3.26. The van der Waals surface area contributed by atoms with Crippen LogP contribution in [-0.2, 0) is 4.79 Å². The van der Waals surface area contributed by atoms with Crippen molar-refractivity contribution in [3.63, 3.8) is 0 Å². The maximum absolute atomic E-state index is 12.4. The van der Waals surface area contributed by atoms with Crippen molar-refractivity contribution in [2.24, 2.45) is 5.92 Å². The van der Waals surface area contributed by atoms with Gasteiger partial charge in [-0.15, -0.1) is 0 Å². The van der Waals surface area contributed by atoms with Crippen LogP contribution in [0.2, 0.25) is 0 Å². The van der Waals surface area contributed by atoms with E-state index in [0.29, 0.717) is 36.8 Å². The van der Waals surface area contributed by atoms with Gasteiger partial charge in [-0.2, -0.15) is 0 Å². The number of benzene rings is 1. The monoisotopic (exact) mass is 331 g/mol. The first-order valence-corrected chi connectivity index (χ1v) is 8.95. The number of piperidine rings is 1. The Labute approximate surface area is 145 Å². The molecule has 0 saturated carbocycles. The van der Waals surface area contributed by atoms with Gasteiger partial charge in [-0.1, -0.05) is 13.0 Å². The topological polar surface area (TPSA) is 52.7 Å². The minimum absolute atomic E-state index is 0.000884. The van der Waals surface area contributed by atoms with E-state index in [2.05, 4.69) is 17.1 Å². The Bertz CT molecular complexity index is 569. The number of nitrogens with one attached hydrogen (secondary N) is 1. The SMILES string of the molecule is CCN(CC)C(=O)c1cccc(NC(=O)CN2CCC[C@H](C)C2)c1. The lowest BCUT2D eigenvalue weighted by Crippen LogP contribution is -2.39. The summed E-state index contributed by atoms with van der Waals surface area (Å²) in [5.41, 5.74) is 1.30. The zero-order valence-electron chi connectivity index (χ0n) is 15.0. The third kappa shape index (κ3) is 5.06. The molecule has 0 radical (unpaired) electrons. The lowest BCUT2D eigenvalue weighted by Gasteiger charge is -2.30. The molecule has 1 fully saturated rings. The second-order valence-corrected chi connectivity index (χ2v) is 6.59. The molecule has 1 saturated heterocycles. The number of hydrogen-bond acceptors (Lipinski definition) is 3. The Kier molecular flexibility index (Phi) is 6.79. The highest BCUT2D eigenvalue weighted by atomic mass is 16.2. The smallest absolute Gasteiger partial charge is 0.253 e. The Morgan fingerprint density at radius 1 is 1.29 bits per heavy atom. The van der Waals surface area contributed by atoms with Crippen molar-refractivity contribution >= 4 is 17.5 Å². The van der Waals surface area contributed by atoms with E-state index in [1.165, 1.54) is 6.42 Å². The van der Waals surface area contributed by atoms with Gasteiger partial charge in [0.05, 0.1) is 6.54 Å². The number of likely N-dealkylation sites (tertiary alicyclic amines) is 1. The van der Waals surface area contributed by atoms with Gasteiger partial charge in [0.1, 0.15) is 0 Å². The van der Waals surface area contributed by atoms with E-state index in [4.69, 9.17) is 0 Å². The fraction of sp³-hybridized carbons (Fsp3) is 0.579. The molecule has 2 rings (SSSR count). The molecule has 132 valence electrons. The van der Waals surface area contributed by atoms with Crippen LogP contribution in [0.15, 0.2) is 24.3 Å². The van der Waals surface area contributed by atoms with Crippen LogP contribution in [0, 0.1) is 5.92 Å². The van der Waals surface area contributed by atoms with Gasteiger partial charge in [-0.3, -0.25) is 14.5 Å². The van der Waals surface area contributed by atoms with Crippen LogP contribution in [0.3, 0.4) is 0 Å². The van der Waals surface area contributed by atoms with Gasteiger partial charge in [0.25, 0.3) is 5.91 Å². The highest BCUT2D eigenvalue weighted by Crippen LogP contribution is 2.16. The number of hydrogen-bond donors (Lipinski definition) is 1. The molecule has 5 heteroatoms. The van der Waals surface area contributed by atoms with Crippen molar-refractivity contribution in [2.45, 2.75) is 33.6 Å². The summed E-state index contributed by atoms with van der Waals surface area (Å²) in [4.78, 5) is 28.6. The molecule has 1 aromatic carbocycles. The molecule has 2 amide bonds. The summed E-state index contributed by atoms with van der Waals surface area (Å²) >= 11 is 0. The molecule has 1 heterocycles. The van der Waals surface area contributed by atoms with Crippen molar-refractivity contribution in [1.82, 2.24) is 9.80 Å². The van der Waals surface area contributed by atoms with E-state index in [0.717, 1.165) is 19.5 Å². The van der Waals surface area contributed by atoms with Crippen molar-refractivity contribution in [1.29, 1.82) is 0 Å². The molecule has 1 aliphatic heterocycles. The predicted molar refractivity (Wildman–Crippen MR) is 97.2 cm³/mol. The van der Waals surface area contributed by atoms with Gasteiger partial charge in [0.15, 0.2) is 0 Å². The van der Waals surface area contributed by atoms with Crippen LogP contribution in [-0.4, -0.2) is 54.3 Å². The van der Waals surface area contributed by atoms with Crippen LogP contribution in [0.5, 0.6) is 0 Å². The first-order chi connectivity index (χ1) is 11.5. The molecule has 1 aliphatic rings. The minimum Gasteiger partial charge on any atom is -0.339 e. The summed E-state index contributed by atoms with van der Waals surface area (Å²) in [6.07, 6.45) is 2.40. The molecule has 0 aromatic heterocycles. The molecular weight excluding hydrogens is 302 g/mol. The van der Waals surface area contributed by atoms with E-state index in [-0.39, 0.29) is 11.8 Å². The maximum Gasteiger partial charge on any atom is 0.253 e. The Morgan fingerprint density at radius 3 is 2.71 bits per heavy atom. The number of rotatable bonds is 6. The van der Waals surface area contributed by atoms with Crippen LogP contribution < -0.4 is 5.32 Å². The minimum atomic E-state index is -0.0171. The average molecular weight is 331 g/mol. The van der Waals surface area contributed by atoms with E-state index in [1.54, 1.807) is 17.0 Å². The number of carbonyl (C=O) groups is 2. The molecular formula is C19H29N3O2. The third-order valence-electron chi connectivity index (χ3n) is 4.55. The predicted octanol–water partition coefficient (Wildman–Crippen LogP) is 2.84. The number of amides is 2. The quantitative estimate of drug-likeness (QED) is 0.872. The largest absolute Gasteiger partial charge is 0.339 e. The van der Waals surface area contributed by atoms with Gasteiger partial charge >= 0.3 is 0 Å². The van der Waals surface area contributed by atoms with Crippen molar-refractivity contribution in [3.8, 4) is 0 Å². The molecule has 5 nitrogen and oxygen atoms in total. The molecule has 1 aromatic rings. The lowest BCUT2D eigenvalue weighted by atomic mass is 10.0. The molecule has 1 N–H and O–H groups in total. The Balaban J connectivity index is 1.96. The maximum atomic E-state index is 12.4. The fourth-order valence-electron chi connectivity index (χ4n) is 3.26. The highest BCUT2D eigenvalue weighted by molar-refractivity contribution is 5.97. The normalized spacial score (nSPS) is 18.2. The van der Waals surface area contributed by atoms with Crippen LogP contribution in [0.25, 0.3) is 0 Å². The van der Waals surface area contributed by atoms with Crippen LogP contribution in [0.1, 0.15) is 44.0 Å². The molecule has 0 aliphatic carbocycles. The number of anilines is 1. The van der Waals surface area contributed by atoms with E-state index >= 15 is 0 Å².